The minimum absolute atomic E-state index is 0.0474. The summed E-state index contributed by atoms with van der Waals surface area (Å²) in [5.74, 6) is 1.27. The number of aromatic nitrogens is 1. The van der Waals surface area contributed by atoms with Gasteiger partial charge in [0, 0.05) is 21.9 Å². The SMILES string of the molecule is Cc1ccc(Cl)cc1N=Nc1c(O)n(C2CSC2)c2c(F)cccc12. The number of halogens is 2. The number of hydrogen-bond acceptors (Lipinski definition) is 4. The lowest BCUT2D eigenvalue weighted by Crippen LogP contribution is -2.22. The van der Waals surface area contributed by atoms with Gasteiger partial charge in [0.25, 0.3) is 0 Å². The van der Waals surface area contributed by atoms with Crippen LogP contribution in [0, 0.1) is 12.7 Å². The molecule has 7 heteroatoms. The van der Waals surface area contributed by atoms with E-state index in [4.69, 9.17) is 11.6 Å². The molecule has 0 unspecified atom stereocenters. The Morgan fingerprint density at radius 2 is 2.04 bits per heavy atom. The highest BCUT2D eigenvalue weighted by Crippen LogP contribution is 2.45. The molecule has 3 aromatic rings. The molecule has 4 rings (SSSR count). The molecule has 1 fully saturated rings. The molecule has 2 heterocycles. The molecule has 1 aliphatic heterocycles. The van der Waals surface area contributed by atoms with Crippen LogP contribution in [0.5, 0.6) is 5.88 Å². The molecule has 0 radical (unpaired) electrons. The zero-order valence-electron chi connectivity index (χ0n) is 13.4. The quantitative estimate of drug-likeness (QED) is 0.558. The van der Waals surface area contributed by atoms with Crippen molar-refractivity contribution in [1.82, 2.24) is 4.57 Å². The van der Waals surface area contributed by atoms with Gasteiger partial charge in [0.05, 0.1) is 17.2 Å². The number of para-hydroxylation sites is 1. The predicted molar refractivity (Wildman–Crippen MR) is 100 cm³/mol. The van der Waals surface area contributed by atoms with E-state index in [9.17, 15) is 9.50 Å². The summed E-state index contributed by atoms with van der Waals surface area (Å²) in [5.41, 5.74) is 2.19. The molecule has 0 aliphatic carbocycles. The van der Waals surface area contributed by atoms with Gasteiger partial charge in [0.15, 0.2) is 5.69 Å². The van der Waals surface area contributed by atoms with Crippen LogP contribution in [0.1, 0.15) is 11.6 Å². The summed E-state index contributed by atoms with van der Waals surface area (Å²) in [6.45, 7) is 1.90. The maximum Gasteiger partial charge on any atom is 0.221 e. The lowest BCUT2D eigenvalue weighted by atomic mass is 10.2. The number of benzene rings is 2. The monoisotopic (exact) mass is 375 g/mol. The molecular formula is C18H15ClFN3OS. The fourth-order valence-electron chi connectivity index (χ4n) is 2.91. The van der Waals surface area contributed by atoms with Crippen molar-refractivity contribution >= 4 is 45.6 Å². The van der Waals surface area contributed by atoms with Gasteiger partial charge in [-0.25, -0.2) is 4.39 Å². The summed E-state index contributed by atoms with van der Waals surface area (Å²) in [7, 11) is 0. The molecule has 1 N–H and O–H groups in total. The van der Waals surface area contributed by atoms with Crippen LogP contribution in [0.15, 0.2) is 46.6 Å². The summed E-state index contributed by atoms with van der Waals surface area (Å²) in [6, 6.07) is 10.2. The van der Waals surface area contributed by atoms with Gasteiger partial charge in [-0.15, -0.1) is 5.11 Å². The fourth-order valence-corrected chi connectivity index (χ4v) is 3.82. The Labute approximate surface area is 153 Å². The van der Waals surface area contributed by atoms with Gasteiger partial charge in [-0.05, 0) is 30.7 Å². The van der Waals surface area contributed by atoms with Crippen molar-refractivity contribution in [2.75, 3.05) is 11.5 Å². The Morgan fingerprint density at radius 1 is 1.24 bits per heavy atom. The van der Waals surface area contributed by atoms with E-state index < -0.39 is 0 Å². The lowest BCUT2D eigenvalue weighted by molar-refractivity contribution is 0.404. The van der Waals surface area contributed by atoms with E-state index in [1.165, 1.54) is 6.07 Å². The second kappa shape index (κ2) is 6.35. The van der Waals surface area contributed by atoms with Crippen molar-refractivity contribution in [3.8, 4) is 5.88 Å². The first-order valence-corrected chi connectivity index (χ1v) is 9.36. The van der Waals surface area contributed by atoms with Gasteiger partial charge < -0.3 is 9.67 Å². The average molecular weight is 376 g/mol. The molecule has 0 atom stereocenters. The third kappa shape index (κ3) is 2.79. The van der Waals surface area contributed by atoms with Crippen molar-refractivity contribution in [3.05, 3.63) is 52.8 Å². The maximum atomic E-state index is 14.4. The third-order valence-electron chi connectivity index (χ3n) is 4.34. The lowest BCUT2D eigenvalue weighted by Gasteiger charge is -2.27. The number of thioether (sulfide) groups is 1. The van der Waals surface area contributed by atoms with Crippen molar-refractivity contribution in [2.45, 2.75) is 13.0 Å². The largest absolute Gasteiger partial charge is 0.493 e. The summed E-state index contributed by atoms with van der Waals surface area (Å²) in [4.78, 5) is 0. The number of aryl methyl sites for hydroxylation is 1. The Bertz CT molecular complexity index is 998. The molecule has 0 bridgehead atoms. The van der Waals surface area contributed by atoms with Gasteiger partial charge in [0.2, 0.25) is 5.88 Å². The smallest absolute Gasteiger partial charge is 0.221 e. The maximum absolute atomic E-state index is 14.4. The summed E-state index contributed by atoms with van der Waals surface area (Å²) >= 11 is 7.77. The molecule has 25 heavy (non-hydrogen) atoms. The molecule has 1 aromatic heterocycles. The van der Waals surface area contributed by atoms with Crippen LogP contribution >= 0.6 is 23.4 Å². The molecule has 0 spiro atoms. The Morgan fingerprint density at radius 3 is 2.76 bits per heavy atom. The Hall–Kier alpha value is -2.05. The number of nitrogens with zero attached hydrogens (tertiary/aromatic N) is 3. The first-order chi connectivity index (χ1) is 12.1. The Kier molecular flexibility index (Phi) is 4.17. The first kappa shape index (κ1) is 16.4. The molecular weight excluding hydrogens is 361 g/mol. The van der Waals surface area contributed by atoms with Crippen LogP contribution in [0.2, 0.25) is 5.02 Å². The van der Waals surface area contributed by atoms with Crippen molar-refractivity contribution in [1.29, 1.82) is 0 Å². The van der Waals surface area contributed by atoms with Gasteiger partial charge in [0.1, 0.15) is 5.82 Å². The highest BCUT2D eigenvalue weighted by molar-refractivity contribution is 8.00. The van der Waals surface area contributed by atoms with E-state index in [0.717, 1.165) is 17.1 Å². The average Bonchev–Trinajstić information content (AvgIpc) is 2.81. The van der Waals surface area contributed by atoms with Crippen LogP contribution in [0.3, 0.4) is 0 Å². The number of aromatic hydroxyl groups is 1. The van der Waals surface area contributed by atoms with Crippen LogP contribution in [-0.4, -0.2) is 21.2 Å². The molecule has 1 saturated heterocycles. The predicted octanol–water partition coefficient (Wildman–Crippen LogP) is 6.15. The highest BCUT2D eigenvalue weighted by Gasteiger charge is 2.29. The van der Waals surface area contributed by atoms with E-state index in [-0.39, 0.29) is 23.4 Å². The van der Waals surface area contributed by atoms with E-state index in [1.807, 2.05) is 13.0 Å². The van der Waals surface area contributed by atoms with Crippen LogP contribution < -0.4 is 0 Å². The third-order valence-corrected chi connectivity index (χ3v) is 5.81. The first-order valence-electron chi connectivity index (χ1n) is 7.83. The van der Waals surface area contributed by atoms with Gasteiger partial charge in [-0.2, -0.15) is 16.9 Å². The summed E-state index contributed by atoms with van der Waals surface area (Å²) in [5, 5.41) is 20.3. The summed E-state index contributed by atoms with van der Waals surface area (Å²) in [6.07, 6.45) is 0. The minimum Gasteiger partial charge on any atom is -0.493 e. The van der Waals surface area contributed by atoms with Gasteiger partial charge in [-0.3, -0.25) is 0 Å². The van der Waals surface area contributed by atoms with E-state index in [1.54, 1.807) is 40.6 Å². The van der Waals surface area contributed by atoms with Crippen LogP contribution in [-0.2, 0) is 0 Å². The van der Waals surface area contributed by atoms with E-state index in [2.05, 4.69) is 10.2 Å². The van der Waals surface area contributed by atoms with Crippen molar-refractivity contribution in [3.63, 3.8) is 0 Å². The second-order valence-electron chi connectivity index (χ2n) is 6.00. The molecule has 0 saturated carbocycles. The summed E-state index contributed by atoms with van der Waals surface area (Å²) < 4.78 is 16.1. The molecule has 4 nitrogen and oxygen atoms in total. The fraction of sp³-hybridized carbons (Fsp3) is 0.222. The molecule has 2 aromatic carbocycles. The van der Waals surface area contributed by atoms with E-state index in [0.29, 0.717) is 21.6 Å². The van der Waals surface area contributed by atoms with Crippen molar-refractivity contribution in [2.24, 2.45) is 10.2 Å². The number of fused-ring (bicyclic) bond motifs is 1. The molecule has 0 amide bonds. The highest BCUT2D eigenvalue weighted by atomic mass is 35.5. The number of azo groups is 1. The normalized spacial score (nSPS) is 15.2. The minimum atomic E-state index is -0.370. The van der Waals surface area contributed by atoms with Crippen molar-refractivity contribution < 1.29 is 9.50 Å². The number of hydrogen-bond donors (Lipinski definition) is 1. The molecule has 1 aliphatic rings. The zero-order chi connectivity index (χ0) is 17.6. The molecule has 128 valence electrons. The topological polar surface area (TPSA) is 49.9 Å². The van der Waals surface area contributed by atoms with Crippen LogP contribution in [0.25, 0.3) is 10.9 Å². The van der Waals surface area contributed by atoms with E-state index >= 15 is 0 Å². The Balaban J connectivity index is 1.87. The van der Waals surface area contributed by atoms with Gasteiger partial charge >= 0.3 is 0 Å². The standard InChI is InChI=1S/C18H15ClFN3OS/c1-10-5-6-11(19)7-15(10)21-22-16-13-3-2-4-14(20)17(13)23(18(16)24)12-8-25-9-12/h2-7,12,24H,8-9H2,1H3. The zero-order valence-corrected chi connectivity index (χ0v) is 15.0. The van der Waals surface area contributed by atoms with Crippen LogP contribution in [0.4, 0.5) is 15.8 Å². The van der Waals surface area contributed by atoms with Gasteiger partial charge in [-0.1, -0.05) is 29.8 Å². The number of rotatable bonds is 3. The second-order valence-corrected chi connectivity index (χ2v) is 7.51.